The summed E-state index contributed by atoms with van der Waals surface area (Å²) < 4.78 is 8.88. The number of aldehydes is 1. The maximum atomic E-state index is 10.0. The molecule has 104 valence electrons. The second-order valence-electron chi connectivity index (χ2n) is 2.96. The number of carbonyl (C=O) groups excluding carboxylic acids is 1. The van der Waals surface area contributed by atoms with Gasteiger partial charge in [-0.3, -0.25) is 0 Å². The first-order valence-corrected chi connectivity index (χ1v) is 5.75. The topological polar surface area (TPSA) is 202 Å². The van der Waals surface area contributed by atoms with Crippen LogP contribution in [0.15, 0.2) is 0 Å². The van der Waals surface area contributed by atoms with Crippen LogP contribution in [0.1, 0.15) is 0 Å². The minimum absolute atomic E-state index is 0.248. The zero-order valence-corrected chi connectivity index (χ0v) is 9.46. The average molecular weight is 277 g/mol. The van der Waals surface area contributed by atoms with E-state index in [1.54, 1.807) is 0 Å². The predicted molar refractivity (Wildman–Crippen MR) is 53.4 cm³/mol. The third-order valence-corrected chi connectivity index (χ3v) is 1.48. The number of hydrogen-bond acceptors (Lipinski definition) is 7. The molecule has 0 saturated heterocycles. The van der Waals surface area contributed by atoms with E-state index in [4.69, 9.17) is 45.4 Å². The van der Waals surface area contributed by atoms with Crippen molar-refractivity contribution in [2.24, 2.45) is 5.73 Å². The van der Waals surface area contributed by atoms with Crippen LogP contribution in [0.3, 0.4) is 0 Å². The molecule has 0 rings (SSSR count). The highest BCUT2D eigenvalue weighted by Crippen LogP contribution is 2.25. The largest absolute Gasteiger partial charge is 0.466 e. The maximum Gasteiger partial charge on any atom is 0.466 e. The van der Waals surface area contributed by atoms with Crippen LogP contribution in [-0.4, -0.2) is 72.4 Å². The van der Waals surface area contributed by atoms with Crippen molar-refractivity contribution < 1.29 is 44.5 Å². The fraction of sp³-hybridized carbons (Fsp3) is 0.833. The van der Waals surface area contributed by atoms with Gasteiger partial charge in [-0.15, -0.1) is 0 Å². The lowest BCUT2D eigenvalue weighted by atomic mass is 10.0. The van der Waals surface area contributed by atoms with Crippen molar-refractivity contribution in [3.63, 3.8) is 0 Å². The van der Waals surface area contributed by atoms with E-state index in [1.807, 2.05) is 0 Å². The Morgan fingerprint density at radius 3 is 1.71 bits per heavy atom. The van der Waals surface area contributed by atoms with Gasteiger partial charge in [0.15, 0.2) is 0 Å². The molecule has 0 aliphatic rings. The molecule has 0 bridgehead atoms. The molecule has 9 N–H and O–H groups in total. The van der Waals surface area contributed by atoms with Crippen LogP contribution in [-0.2, 0) is 9.36 Å². The Labute approximate surface area is 96.2 Å². The van der Waals surface area contributed by atoms with E-state index in [-0.39, 0.29) is 6.29 Å². The van der Waals surface area contributed by atoms with Gasteiger partial charge in [0.1, 0.15) is 24.6 Å². The number of hydrogen-bond donors (Lipinski definition) is 8. The fourth-order valence-corrected chi connectivity index (χ4v) is 0.644. The van der Waals surface area contributed by atoms with E-state index in [1.165, 1.54) is 0 Å². The number of nitrogens with two attached hydrogens (primary N) is 1. The van der Waals surface area contributed by atoms with Gasteiger partial charge < -0.3 is 45.6 Å². The Balaban J connectivity index is 0. The monoisotopic (exact) mass is 277 g/mol. The Morgan fingerprint density at radius 2 is 1.47 bits per heavy atom. The van der Waals surface area contributed by atoms with Crippen molar-refractivity contribution in [1.82, 2.24) is 0 Å². The Bertz CT molecular complexity index is 248. The fourth-order valence-electron chi connectivity index (χ4n) is 0.644. The minimum atomic E-state index is -4.64. The second-order valence-corrected chi connectivity index (χ2v) is 3.98. The SMILES string of the molecule is N[C@@H](C=O)[C@@H](O)[C@H](O)[C@H](O)CO.O=P(O)(O)O. The first kappa shape index (κ1) is 18.9. The number of carbonyl (C=O) groups is 1. The summed E-state index contributed by atoms with van der Waals surface area (Å²) in [5.74, 6) is 0. The van der Waals surface area contributed by atoms with Crippen molar-refractivity contribution >= 4 is 14.1 Å². The molecule has 17 heavy (non-hydrogen) atoms. The smallest absolute Gasteiger partial charge is 0.394 e. The second kappa shape index (κ2) is 8.64. The summed E-state index contributed by atoms with van der Waals surface area (Å²) in [4.78, 5) is 31.6. The molecule has 10 nitrogen and oxygen atoms in total. The Kier molecular flexibility index (Phi) is 9.62. The van der Waals surface area contributed by atoms with Crippen molar-refractivity contribution in [1.29, 1.82) is 0 Å². The van der Waals surface area contributed by atoms with Crippen LogP contribution in [0.5, 0.6) is 0 Å². The van der Waals surface area contributed by atoms with E-state index in [0.717, 1.165) is 0 Å². The Hall–Kier alpha value is -0.420. The lowest BCUT2D eigenvalue weighted by Gasteiger charge is -2.23. The molecule has 0 radical (unpaired) electrons. The maximum absolute atomic E-state index is 10.0. The van der Waals surface area contributed by atoms with Gasteiger partial charge >= 0.3 is 7.82 Å². The third kappa shape index (κ3) is 11.8. The molecule has 0 spiro atoms. The molecule has 0 aromatic heterocycles. The highest BCUT2D eigenvalue weighted by molar-refractivity contribution is 7.45. The van der Waals surface area contributed by atoms with Crippen molar-refractivity contribution in [2.75, 3.05) is 6.61 Å². The molecule has 0 aromatic carbocycles. The van der Waals surface area contributed by atoms with E-state index in [2.05, 4.69) is 0 Å². The summed E-state index contributed by atoms with van der Waals surface area (Å²) in [5.41, 5.74) is 5.04. The molecular weight excluding hydrogens is 261 g/mol. The molecule has 4 atom stereocenters. The lowest BCUT2D eigenvalue weighted by molar-refractivity contribution is -0.118. The normalized spacial score (nSPS) is 18.4. The summed E-state index contributed by atoms with van der Waals surface area (Å²) in [7, 11) is -4.64. The van der Waals surface area contributed by atoms with Gasteiger partial charge in [-0.2, -0.15) is 0 Å². The molecule has 0 aliphatic heterocycles. The Morgan fingerprint density at radius 1 is 1.12 bits per heavy atom. The van der Waals surface area contributed by atoms with Gasteiger partial charge in [-0.1, -0.05) is 0 Å². The van der Waals surface area contributed by atoms with Crippen LogP contribution < -0.4 is 5.73 Å². The molecule has 0 aromatic rings. The van der Waals surface area contributed by atoms with Gasteiger partial charge in [0.2, 0.25) is 0 Å². The zero-order valence-electron chi connectivity index (χ0n) is 8.57. The highest BCUT2D eigenvalue weighted by atomic mass is 31.2. The number of phosphoric acid groups is 1. The standard InChI is InChI=1S/C6H13NO5.H3O4P/c7-3(1-8)5(11)6(12)4(10)2-9;1-5(2,3)4/h1,3-6,9-12H,2,7H2;(H3,1,2,3,4)/t3-,4+,5+,6+;/m0./s1. The van der Waals surface area contributed by atoms with Gasteiger partial charge in [0.25, 0.3) is 0 Å². The van der Waals surface area contributed by atoms with Crippen molar-refractivity contribution in [2.45, 2.75) is 24.4 Å². The van der Waals surface area contributed by atoms with E-state index in [9.17, 15) is 4.79 Å². The predicted octanol–water partition coefficient (Wildman–Crippen LogP) is -4.34. The number of aliphatic hydroxyl groups is 4. The zero-order chi connectivity index (χ0) is 14.2. The molecular formula is C6H16NO9P. The third-order valence-electron chi connectivity index (χ3n) is 1.48. The molecule has 0 fully saturated rings. The highest BCUT2D eigenvalue weighted by Gasteiger charge is 2.28. The average Bonchev–Trinajstić information content (AvgIpc) is 2.22. The van der Waals surface area contributed by atoms with E-state index < -0.39 is 38.8 Å². The molecule has 0 aliphatic carbocycles. The van der Waals surface area contributed by atoms with Gasteiger partial charge in [-0.05, 0) is 0 Å². The minimum Gasteiger partial charge on any atom is -0.394 e. The van der Waals surface area contributed by atoms with Crippen molar-refractivity contribution in [3.8, 4) is 0 Å². The summed E-state index contributed by atoms with van der Waals surface area (Å²) in [6, 6.07) is -1.26. The van der Waals surface area contributed by atoms with Crippen LogP contribution in [0.2, 0.25) is 0 Å². The summed E-state index contributed by atoms with van der Waals surface area (Å²) in [6.07, 6.45) is -4.43. The molecule has 0 saturated carbocycles. The first-order chi connectivity index (χ1) is 7.54. The van der Waals surface area contributed by atoms with Gasteiger partial charge in [0, 0.05) is 0 Å². The lowest BCUT2D eigenvalue weighted by Crippen LogP contribution is -2.49. The summed E-state index contributed by atoms with van der Waals surface area (Å²) in [6.45, 7) is -0.705. The van der Waals surface area contributed by atoms with Crippen LogP contribution >= 0.6 is 7.82 Å². The summed E-state index contributed by atoms with van der Waals surface area (Å²) in [5, 5.41) is 35.2. The van der Waals surface area contributed by atoms with Crippen LogP contribution in [0.4, 0.5) is 0 Å². The van der Waals surface area contributed by atoms with Crippen LogP contribution in [0.25, 0.3) is 0 Å². The first-order valence-electron chi connectivity index (χ1n) is 4.18. The van der Waals surface area contributed by atoms with Crippen molar-refractivity contribution in [3.05, 3.63) is 0 Å². The quantitative estimate of drug-likeness (QED) is 0.179. The molecule has 0 amide bonds. The van der Waals surface area contributed by atoms with Crippen LogP contribution in [0, 0.1) is 0 Å². The number of aliphatic hydroxyl groups excluding tert-OH is 4. The van der Waals surface area contributed by atoms with Gasteiger partial charge in [-0.25, -0.2) is 4.57 Å². The van der Waals surface area contributed by atoms with E-state index >= 15 is 0 Å². The number of rotatable bonds is 5. The van der Waals surface area contributed by atoms with E-state index in [0.29, 0.717) is 0 Å². The molecule has 11 heteroatoms. The molecule has 0 unspecified atom stereocenters. The van der Waals surface area contributed by atoms with Gasteiger partial charge in [0.05, 0.1) is 12.6 Å². The molecule has 0 heterocycles. The summed E-state index contributed by atoms with van der Waals surface area (Å²) >= 11 is 0.